The molecule has 120 valence electrons. The van der Waals surface area contributed by atoms with E-state index in [1.165, 1.54) is 12.3 Å². The van der Waals surface area contributed by atoms with Crippen LogP contribution < -0.4 is 10.0 Å². The first-order valence-electron chi connectivity index (χ1n) is 6.43. The summed E-state index contributed by atoms with van der Waals surface area (Å²) in [6, 6.07) is 2.91. The molecule has 0 saturated heterocycles. The predicted molar refractivity (Wildman–Crippen MR) is 78.2 cm³/mol. The average Bonchev–Trinajstić information content (AvgIpc) is 2.35. The number of pyridine rings is 1. The zero-order valence-corrected chi connectivity index (χ0v) is 13.2. The van der Waals surface area contributed by atoms with Crippen LogP contribution in [0.1, 0.15) is 39.3 Å². The Balaban J connectivity index is 2.63. The molecule has 0 radical (unpaired) electrons. The lowest BCUT2D eigenvalue weighted by molar-refractivity contribution is -0.115. The molecule has 21 heavy (non-hydrogen) atoms. The number of nitrogens with zero attached hydrogens (tertiary/aromatic N) is 1. The van der Waals surface area contributed by atoms with Gasteiger partial charge in [0.25, 0.3) is 0 Å². The summed E-state index contributed by atoms with van der Waals surface area (Å²) < 4.78 is 50.7. The fourth-order valence-electron chi connectivity index (χ4n) is 1.36. The van der Waals surface area contributed by atoms with Crippen LogP contribution in [0.3, 0.4) is 0 Å². The molecule has 0 fully saturated rings. The first kappa shape index (κ1) is 17.9. The van der Waals surface area contributed by atoms with E-state index in [2.05, 4.69) is 15.0 Å². The molecule has 0 amide bonds. The van der Waals surface area contributed by atoms with Crippen LogP contribution >= 0.6 is 0 Å². The number of rotatable bonds is 5. The summed E-state index contributed by atoms with van der Waals surface area (Å²) in [5, 5.41) is 2.20. The molecule has 1 heterocycles. The van der Waals surface area contributed by atoms with Gasteiger partial charge in [0.2, 0.25) is 0 Å². The Kier molecular flexibility index (Phi) is 5.75. The normalized spacial score (nSPS) is 15.6. The van der Waals surface area contributed by atoms with Crippen LogP contribution in [-0.4, -0.2) is 26.7 Å². The number of hydrogen-bond acceptors (Lipinski definition) is 3. The van der Waals surface area contributed by atoms with E-state index in [0.29, 0.717) is 0 Å². The van der Waals surface area contributed by atoms with Crippen molar-refractivity contribution in [2.24, 2.45) is 0 Å². The molecule has 1 aromatic rings. The molecule has 0 aliphatic carbocycles. The Bertz CT molecular complexity index is 483. The van der Waals surface area contributed by atoms with Gasteiger partial charge in [0.15, 0.2) is 0 Å². The van der Waals surface area contributed by atoms with Crippen molar-refractivity contribution in [2.45, 2.75) is 44.7 Å². The largest absolute Gasteiger partial charge is 0.405 e. The Hall–Kier alpha value is -1.15. The van der Waals surface area contributed by atoms with Crippen LogP contribution in [0.5, 0.6) is 0 Å². The maximum atomic E-state index is 12.1. The van der Waals surface area contributed by atoms with E-state index in [0.717, 1.165) is 5.56 Å². The number of alkyl halides is 3. The maximum absolute atomic E-state index is 12.1. The third kappa shape index (κ3) is 6.43. The van der Waals surface area contributed by atoms with E-state index in [1.807, 2.05) is 27.7 Å². The first-order valence-corrected chi connectivity index (χ1v) is 7.58. The third-order valence-corrected chi connectivity index (χ3v) is 4.28. The van der Waals surface area contributed by atoms with Gasteiger partial charge in [-0.05, 0) is 39.3 Å². The lowest BCUT2D eigenvalue weighted by Crippen LogP contribution is -2.34. The van der Waals surface area contributed by atoms with Gasteiger partial charge >= 0.3 is 6.18 Å². The molecular weight excluding hydrogens is 303 g/mol. The second kappa shape index (κ2) is 6.74. The molecule has 0 bridgehead atoms. The molecule has 2 atom stereocenters. The second-order valence-corrected chi connectivity index (χ2v) is 7.66. The quantitative estimate of drug-likeness (QED) is 0.875. The summed E-state index contributed by atoms with van der Waals surface area (Å²) in [6.45, 7) is 6.26. The number of hydrogen-bond donors (Lipinski definition) is 2. The van der Waals surface area contributed by atoms with E-state index in [4.69, 9.17) is 0 Å². The summed E-state index contributed by atoms with van der Waals surface area (Å²) in [7, 11) is -1.23. The number of anilines is 1. The monoisotopic (exact) mass is 323 g/mol. The van der Waals surface area contributed by atoms with Crippen molar-refractivity contribution in [1.29, 1.82) is 0 Å². The highest BCUT2D eigenvalue weighted by molar-refractivity contribution is 7.84. The summed E-state index contributed by atoms with van der Waals surface area (Å²) >= 11 is 0. The van der Waals surface area contributed by atoms with E-state index in [-0.39, 0.29) is 11.9 Å². The van der Waals surface area contributed by atoms with Gasteiger partial charge in [0, 0.05) is 12.2 Å². The minimum Gasteiger partial charge on any atom is -0.361 e. The second-order valence-electron chi connectivity index (χ2n) is 5.67. The third-order valence-electron chi connectivity index (χ3n) is 2.60. The fraction of sp³-hybridized carbons (Fsp3) is 0.615. The molecular formula is C13H20F3N3OS. The van der Waals surface area contributed by atoms with Crippen molar-refractivity contribution in [1.82, 2.24) is 9.71 Å². The lowest BCUT2D eigenvalue weighted by Gasteiger charge is -2.22. The minimum atomic E-state index is -4.28. The SMILES string of the molecule is CC(NS(=O)C(C)(C)C)c1ccc(NCC(F)(F)F)nc1. The minimum absolute atomic E-state index is 0.153. The van der Waals surface area contributed by atoms with Crippen molar-refractivity contribution < 1.29 is 17.4 Å². The molecule has 2 N–H and O–H groups in total. The molecule has 0 spiro atoms. The van der Waals surface area contributed by atoms with Crippen LogP contribution in [0.25, 0.3) is 0 Å². The van der Waals surface area contributed by atoms with Gasteiger partial charge in [0.05, 0.1) is 15.7 Å². The molecule has 8 heteroatoms. The molecule has 2 unspecified atom stereocenters. The average molecular weight is 323 g/mol. The van der Waals surface area contributed by atoms with Gasteiger partial charge in [-0.2, -0.15) is 13.2 Å². The van der Waals surface area contributed by atoms with Crippen LogP contribution in [-0.2, 0) is 11.0 Å². The van der Waals surface area contributed by atoms with Crippen molar-refractivity contribution in [2.75, 3.05) is 11.9 Å². The highest BCUT2D eigenvalue weighted by Gasteiger charge is 2.26. The van der Waals surface area contributed by atoms with Crippen molar-refractivity contribution in [3.8, 4) is 0 Å². The van der Waals surface area contributed by atoms with Crippen LogP contribution in [0.2, 0.25) is 0 Å². The zero-order valence-electron chi connectivity index (χ0n) is 12.4. The summed E-state index contributed by atoms with van der Waals surface area (Å²) in [5.41, 5.74) is 0.755. The standard InChI is InChI=1S/C13H20F3N3OS/c1-9(19-21(20)12(2,3)4)10-5-6-11(17-7-10)18-8-13(14,15)16/h5-7,9,19H,8H2,1-4H3,(H,17,18). The number of nitrogens with one attached hydrogen (secondary N) is 2. The lowest BCUT2D eigenvalue weighted by atomic mass is 10.1. The van der Waals surface area contributed by atoms with Crippen LogP contribution in [0.4, 0.5) is 19.0 Å². The highest BCUT2D eigenvalue weighted by atomic mass is 32.2. The highest BCUT2D eigenvalue weighted by Crippen LogP contribution is 2.19. The molecule has 0 aliphatic rings. The van der Waals surface area contributed by atoms with Crippen molar-refractivity contribution in [3.63, 3.8) is 0 Å². The van der Waals surface area contributed by atoms with Crippen molar-refractivity contribution >= 4 is 16.8 Å². The summed E-state index contributed by atoms with van der Waals surface area (Å²) in [6.07, 6.45) is -2.81. The predicted octanol–water partition coefficient (Wildman–Crippen LogP) is 3.17. The van der Waals surface area contributed by atoms with Gasteiger partial charge in [-0.3, -0.25) is 0 Å². The fourth-order valence-corrected chi connectivity index (χ4v) is 2.17. The van der Waals surface area contributed by atoms with Gasteiger partial charge in [-0.15, -0.1) is 0 Å². The Morgan fingerprint density at radius 3 is 2.33 bits per heavy atom. The number of aromatic nitrogens is 1. The van der Waals surface area contributed by atoms with Gasteiger partial charge in [0.1, 0.15) is 12.4 Å². The molecule has 1 rings (SSSR count). The van der Waals surface area contributed by atoms with Gasteiger partial charge < -0.3 is 5.32 Å². The Labute approximate surface area is 125 Å². The molecule has 0 aromatic carbocycles. The summed E-state index contributed by atoms with van der Waals surface area (Å²) in [5.74, 6) is 0.153. The van der Waals surface area contributed by atoms with E-state index in [1.54, 1.807) is 6.07 Å². The number of halogens is 3. The summed E-state index contributed by atoms with van der Waals surface area (Å²) in [4.78, 5) is 3.92. The molecule has 0 aliphatic heterocycles. The van der Waals surface area contributed by atoms with Crippen LogP contribution in [0, 0.1) is 0 Å². The zero-order chi connectivity index (χ0) is 16.3. The van der Waals surface area contributed by atoms with Gasteiger partial charge in [-0.25, -0.2) is 13.9 Å². The first-order chi connectivity index (χ1) is 9.49. The molecule has 0 saturated carbocycles. The molecule has 1 aromatic heterocycles. The van der Waals surface area contributed by atoms with Crippen LogP contribution in [0.15, 0.2) is 18.3 Å². The Morgan fingerprint density at radius 2 is 1.90 bits per heavy atom. The Morgan fingerprint density at radius 1 is 1.29 bits per heavy atom. The van der Waals surface area contributed by atoms with E-state index in [9.17, 15) is 17.4 Å². The molecule has 4 nitrogen and oxygen atoms in total. The van der Waals surface area contributed by atoms with Crippen molar-refractivity contribution in [3.05, 3.63) is 23.9 Å². The van der Waals surface area contributed by atoms with E-state index < -0.39 is 28.5 Å². The smallest absolute Gasteiger partial charge is 0.361 e. The maximum Gasteiger partial charge on any atom is 0.405 e. The topological polar surface area (TPSA) is 54.0 Å². The van der Waals surface area contributed by atoms with E-state index >= 15 is 0 Å². The van der Waals surface area contributed by atoms with Gasteiger partial charge in [-0.1, -0.05) is 6.07 Å².